The van der Waals surface area contributed by atoms with Crippen LogP contribution in [0, 0.1) is 11.8 Å². The highest BCUT2D eigenvalue weighted by Crippen LogP contribution is 2.34. The SMILES string of the molecule is CC1COC(C)C2OCCCC12. The van der Waals surface area contributed by atoms with E-state index in [0.29, 0.717) is 18.1 Å². The molecule has 0 amide bonds. The van der Waals surface area contributed by atoms with E-state index in [4.69, 9.17) is 9.47 Å². The highest BCUT2D eigenvalue weighted by molar-refractivity contribution is 4.86. The normalized spacial score (nSPS) is 48.5. The zero-order chi connectivity index (χ0) is 8.55. The van der Waals surface area contributed by atoms with Crippen LogP contribution in [0.4, 0.5) is 0 Å². The van der Waals surface area contributed by atoms with Crippen LogP contribution in [0.15, 0.2) is 0 Å². The second-order valence-electron chi connectivity index (χ2n) is 4.16. The van der Waals surface area contributed by atoms with Crippen molar-refractivity contribution in [1.82, 2.24) is 0 Å². The Morgan fingerprint density at radius 3 is 2.75 bits per heavy atom. The van der Waals surface area contributed by atoms with E-state index in [1.165, 1.54) is 12.8 Å². The second kappa shape index (κ2) is 3.35. The molecule has 4 atom stereocenters. The average molecular weight is 170 g/mol. The van der Waals surface area contributed by atoms with Crippen molar-refractivity contribution in [3.63, 3.8) is 0 Å². The summed E-state index contributed by atoms with van der Waals surface area (Å²) in [5.41, 5.74) is 0. The summed E-state index contributed by atoms with van der Waals surface area (Å²) in [6.07, 6.45) is 3.26. The fourth-order valence-electron chi connectivity index (χ4n) is 2.44. The lowest BCUT2D eigenvalue weighted by Gasteiger charge is -2.43. The van der Waals surface area contributed by atoms with Crippen LogP contribution in [0.1, 0.15) is 26.7 Å². The van der Waals surface area contributed by atoms with Gasteiger partial charge in [0.05, 0.1) is 12.2 Å². The maximum atomic E-state index is 5.74. The molecule has 0 N–H and O–H groups in total. The maximum Gasteiger partial charge on any atom is 0.0865 e. The van der Waals surface area contributed by atoms with E-state index in [2.05, 4.69) is 13.8 Å². The van der Waals surface area contributed by atoms with Crippen molar-refractivity contribution >= 4 is 0 Å². The summed E-state index contributed by atoms with van der Waals surface area (Å²) in [6, 6.07) is 0. The van der Waals surface area contributed by atoms with Crippen LogP contribution in [0.2, 0.25) is 0 Å². The third kappa shape index (κ3) is 1.38. The Morgan fingerprint density at radius 2 is 2.00 bits per heavy atom. The van der Waals surface area contributed by atoms with Crippen molar-refractivity contribution in [1.29, 1.82) is 0 Å². The zero-order valence-electron chi connectivity index (χ0n) is 7.95. The van der Waals surface area contributed by atoms with Crippen molar-refractivity contribution in [3.05, 3.63) is 0 Å². The van der Waals surface area contributed by atoms with Crippen LogP contribution >= 0.6 is 0 Å². The van der Waals surface area contributed by atoms with E-state index in [1.54, 1.807) is 0 Å². The molecule has 4 unspecified atom stereocenters. The van der Waals surface area contributed by atoms with Gasteiger partial charge in [0.15, 0.2) is 0 Å². The number of ether oxygens (including phenoxy) is 2. The van der Waals surface area contributed by atoms with Crippen molar-refractivity contribution in [3.8, 4) is 0 Å². The topological polar surface area (TPSA) is 18.5 Å². The van der Waals surface area contributed by atoms with Gasteiger partial charge in [0.2, 0.25) is 0 Å². The average Bonchev–Trinajstić information content (AvgIpc) is 2.12. The van der Waals surface area contributed by atoms with Crippen molar-refractivity contribution in [2.24, 2.45) is 11.8 Å². The molecule has 2 heterocycles. The molecular formula is C10H18O2. The van der Waals surface area contributed by atoms with Gasteiger partial charge in [-0.15, -0.1) is 0 Å². The molecule has 2 aliphatic heterocycles. The van der Waals surface area contributed by atoms with Gasteiger partial charge in [0, 0.05) is 13.2 Å². The highest BCUT2D eigenvalue weighted by Gasteiger charge is 2.38. The highest BCUT2D eigenvalue weighted by atomic mass is 16.5. The number of hydrogen-bond donors (Lipinski definition) is 0. The first-order valence-electron chi connectivity index (χ1n) is 5.02. The largest absolute Gasteiger partial charge is 0.376 e. The van der Waals surface area contributed by atoms with E-state index in [-0.39, 0.29) is 0 Å². The van der Waals surface area contributed by atoms with Crippen LogP contribution in [0.25, 0.3) is 0 Å². The van der Waals surface area contributed by atoms with E-state index < -0.39 is 0 Å². The summed E-state index contributed by atoms with van der Waals surface area (Å²) in [5, 5.41) is 0. The van der Waals surface area contributed by atoms with E-state index in [1.807, 2.05) is 0 Å². The number of fused-ring (bicyclic) bond motifs is 1. The molecule has 0 aromatic rings. The predicted octanol–water partition coefficient (Wildman–Crippen LogP) is 1.84. The molecule has 2 saturated heterocycles. The Balaban J connectivity index is 2.05. The molecule has 0 aromatic carbocycles. The molecule has 70 valence electrons. The lowest BCUT2D eigenvalue weighted by atomic mass is 9.80. The van der Waals surface area contributed by atoms with Crippen molar-refractivity contribution < 1.29 is 9.47 Å². The summed E-state index contributed by atoms with van der Waals surface area (Å²) in [5.74, 6) is 1.44. The van der Waals surface area contributed by atoms with E-state index in [9.17, 15) is 0 Å². The van der Waals surface area contributed by atoms with Gasteiger partial charge in [-0.1, -0.05) is 6.92 Å². The third-order valence-corrected chi connectivity index (χ3v) is 3.23. The zero-order valence-corrected chi connectivity index (χ0v) is 7.95. The van der Waals surface area contributed by atoms with Crippen molar-refractivity contribution in [2.45, 2.75) is 38.9 Å². The quantitative estimate of drug-likeness (QED) is 0.552. The first kappa shape index (κ1) is 8.52. The van der Waals surface area contributed by atoms with Crippen LogP contribution in [0.5, 0.6) is 0 Å². The Hall–Kier alpha value is -0.0800. The molecule has 0 aromatic heterocycles. The van der Waals surface area contributed by atoms with Crippen LogP contribution in [-0.4, -0.2) is 25.4 Å². The first-order valence-corrected chi connectivity index (χ1v) is 5.02. The van der Waals surface area contributed by atoms with Crippen LogP contribution in [0.3, 0.4) is 0 Å². The van der Waals surface area contributed by atoms with Gasteiger partial charge < -0.3 is 9.47 Å². The van der Waals surface area contributed by atoms with Gasteiger partial charge in [-0.2, -0.15) is 0 Å². The minimum absolute atomic E-state index is 0.312. The van der Waals surface area contributed by atoms with Gasteiger partial charge in [0.1, 0.15) is 0 Å². The minimum atomic E-state index is 0.312. The minimum Gasteiger partial charge on any atom is -0.376 e. The smallest absolute Gasteiger partial charge is 0.0865 e. The number of hydrogen-bond acceptors (Lipinski definition) is 2. The van der Waals surface area contributed by atoms with Gasteiger partial charge in [-0.25, -0.2) is 0 Å². The summed E-state index contributed by atoms with van der Waals surface area (Å²) in [7, 11) is 0. The second-order valence-corrected chi connectivity index (χ2v) is 4.16. The van der Waals surface area contributed by atoms with Crippen molar-refractivity contribution in [2.75, 3.05) is 13.2 Å². The van der Waals surface area contributed by atoms with E-state index >= 15 is 0 Å². The molecule has 2 nitrogen and oxygen atoms in total. The lowest BCUT2D eigenvalue weighted by Crippen LogP contribution is -2.47. The molecule has 2 heteroatoms. The summed E-state index contributed by atoms with van der Waals surface area (Å²) >= 11 is 0. The molecular weight excluding hydrogens is 152 g/mol. The molecule has 0 radical (unpaired) electrons. The van der Waals surface area contributed by atoms with Gasteiger partial charge in [-0.3, -0.25) is 0 Å². The van der Waals surface area contributed by atoms with Crippen LogP contribution < -0.4 is 0 Å². The van der Waals surface area contributed by atoms with Gasteiger partial charge in [0.25, 0.3) is 0 Å². The van der Waals surface area contributed by atoms with Gasteiger partial charge >= 0.3 is 0 Å². The molecule has 12 heavy (non-hydrogen) atoms. The Bertz CT molecular complexity index is 140. The summed E-state index contributed by atoms with van der Waals surface area (Å²) in [4.78, 5) is 0. The molecule has 0 saturated carbocycles. The molecule has 2 rings (SSSR count). The fourth-order valence-corrected chi connectivity index (χ4v) is 2.44. The summed E-state index contributed by atoms with van der Waals surface area (Å²) in [6.45, 7) is 6.26. The lowest BCUT2D eigenvalue weighted by molar-refractivity contribution is -0.168. The molecule has 0 aliphatic carbocycles. The van der Waals surface area contributed by atoms with Crippen LogP contribution in [-0.2, 0) is 9.47 Å². The maximum absolute atomic E-state index is 5.74. The molecule has 2 aliphatic rings. The number of rotatable bonds is 0. The van der Waals surface area contributed by atoms with Gasteiger partial charge in [-0.05, 0) is 31.6 Å². The van der Waals surface area contributed by atoms with E-state index in [0.717, 1.165) is 19.1 Å². The summed E-state index contributed by atoms with van der Waals surface area (Å²) < 4.78 is 11.4. The Labute approximate surface area is 74.2 Å². The molecule has 0 bridgehead atoms. The third-order valence-electron chi connectivity index (χ3n) is 3.23. The fraction of sp³-hybridized carbons (Fsp3) is 1.00. The predicted molar refractivity (Wildman–Crippen MR) is 47.0 cm³/mol. The monoisotopic (exact) mass is 170 g/mol. The first-order chi connectivity index (χ1) is 5.79. The Kier molecular flexibility index (Phi) is 2.37. The standard InChI is InChI=1S/C10H18O2/c1-7-6-12-8(2)10-9(7)4-3-5-11-10/h7-10H,3-6H2,1-2H3. The Morgan fingerprint density at radius 1 is 1.17 bits per heavy atom. The molecule has 0 spiro atoms. The molecule has 2 fully saturated rings.